The van der Waals surface area contributed by atoms with Crippen molar-refractivity contribution in [1.29, 1.82) is 0 Å². The quantitative estimate of drug-likeness (QED) is 0.0421. The Bertz CT molecular complexity index is 6650. The third-order valence-corrected chi connectivity index (χ3v) is 24.6. The number of methoxy groups -OCH3 is 1. The number of benzene rings is 5. The molecule has 0 unspecified atom stereocenters. The maximum Gasteiger partial charge on any atom is 0.248 e. The summed E-state index contributed by atoms with van der Waals surface area (Å²) in [4.78, 5) is 67.5. The lowest BCUT2D eigenvalue weighted by atomic mass is 10.1. The van der Waals surface area contributed by atoms with E-state index in [1.54, 1.807) is 68.7 Å². The molecule has 0 bridgehead atoms. The van der Waals surface area contributed by atoms with Crippen molar-refractivity contribution in [2.45, 2.75) is 71.8 Å². The van der Waals surface area contributed by atoms with Gasteiger partial charge in [-0.25, -0.2) is 28.7 Å². The summed E-state index contributed by atoms with van der Waals surface area (Å²) in [6.07, 6.45) is 20.7. The van der Waals surface area contributed by atoms with Crippen molar-refractivity contribution in [2.75, 3.05) is 141 Å². The minimum absolute atomic E-state index is 0.122. The molecule has 0 saturated carbocycles. The van der Waals surface area contributed by atoms with Crippen molar-refractivity contribution in [1.82, 2.24) is 67.2 Å². The van der Waals surface area contributed by atoms with Gasteiger partial charge in [-0.2, -0.15) is 0 Å². The van der Waals surface area contributed by atoms with E-state index in [-0.39, 0.29) is 34.5 Å². The van der Waals surface area contributed by atoms with Gasteiger partial charge in [0.15, 0.2) is 34.1 Å². The summed E-state index contributed by atoms with van der Waals surface area (Å²) >= 11 is 0. The molecule has 20 rings (SSSR count). The van der Waals surface area contributed by atoms with E-state index < -0.39 is 0 Å². The van der Waals surface area contributed by atoms with E-state index in [1.165, 1.54) is 35.4 Å². The van der Waals surface area contributed by atoms with Crippen LogP contribution in [0.15, 0.2) is 272 Å². The van der Waals surface area contributed by atoms with E-state index in [0.717, 1.165) is 175 Å². The normalized spacial score (nSPS) is 16.9. The van der Waals surface area contributed by atoms with Crippen molar-refractivity contribution in [3.8, 4) is 56.5 Å². The number of pyridine rings is 7. The minimum atomic E-state index is -0.363. The molecule has 5 aromatic carbocycles. The zero-order valence-electron chi connectivity index (χ0n) is 73.2. The van der Waals surface area contributed by atoms with E-state index in [0.29, 0.717) is 52.5 Å². The Morgan fingerprint density at radius 3 is 1.31 bits per heavy atom. The first-order valence-electron chi connectivity index (χ1n) is 43.4. The van der Waals surface area contributed by atoms with Crippen molar-refractivity contribution in [2.24, 2.45) is 0 Å². The second-order valence-electron chi connectivity index (χ2n) is 33.3. The van der Waals surface area contributed by atoms with E-state index in [1.807, 2.05) is 127 Å². The number of phenols is 1. The lowest BCUT2D eigenvalue weighted by Crippen LogP contribution is -2.55. The number of ether oxygens (including phenoxy) is 2. The number of fused-ring (bicyclic) bond motifs is 4. The molecule has 4 saturated heterocycles. The number of aromatic hydroxyl groups is 1. The maximum atomic E-state index is 15.2. The average molecular weight is 1720 g/mol. The van der Waals surface area contributed by atoms with Crippen molar-refractivity contribution in [3.05, 3.63) is 295 Å². The van der Waals surface area contributed by atoms with Gasteiger partial charge in [0.2, 0.25) is 11.1 Å². The summed E-state index contributed by atoms with van der Waals surface area (Å²) in [5.74, 6) is -0.0447. The Hall–Kier alpha value is -14.4. The number of likely N-dealkylation sites (N-methyl/N-ethyl adjacent to an activating group) is 2. The molecule has 4 atom stereocenters. The second-order valence-corrected chi connectivity index (χ2v) is 33.3. The third-order valence-electron chi connectivity index (χ3n) is 24.6. The summed E-state index contributed by atoms with van der Waals surface area (Å²) in [7, 11) is 5.87. The lowest BCUT2D eigenvalue weighted by Gasteiger charge is -2.43. The number of phenolic OH excluding ortho intramolecular Hbond substituents is 1. The number of aromatic amines is 2. The van der Waals surface area contributed by atoms with E-state index >= 15 is 4.39 Å². The van der Waals surface area contributed by atoms with Crippen LogP contribution in [0.2, 0.25) is 0 Å². The van der Waals surface area contributed by atoms with Crippen LogP contribution < -0.4 is 56.7 Å². The van der Waals surface area contributed by atoms with E-state index in [2.05, 4.69) is 219 Å². The largest absolute Gasteiger partial charge is 0.504 e. The van der Waals surface area contributed by atoms with Crippen LogP contribution in [0, 0.1) is 11.6 Å². The number of halogens is 2. The van der Waals surface area contributed by atoms with E-state index in [9.17, 15) is 19.1 Å². The molecular formula is C99H106F2N22O5. The first kappa shape index (κ1) is 85.8. The zero-order chi connectivity index (χ0) is 88.6. The van der Waals surface area contributed by atoms with Crippen LogP contribution in [0.5, 0.6) is 11.5 Å². The van der Waals surface area contributed by atoms with Crippen LogP contribution in [-0.2, 0) is 4.74 Å². The number of hydrogen-bond donors (Lipinski definition) is 7. The Kier molecular flexibility index (Phi) is 25.6. The van der Waals surface area contributed by atoms with Gasteiger partial charge in [-0.1, -0.05) is 0 Å². The summed E-state index contributed by atoms with van der Waals surface area (Å²) in [5, 5.41) is 23.7. The lowest BCUT2D eigenvalue weighted by molar-refractivity contribution is 0.122. The molecule has 4 aliphatic heterocycles. The first-order valence-corrected chi connectivity index (χ1v) is 43.4. The van der Waals surface area contributed by atoms with Gasteiger partial charge < -0.3 is 65.4 Å². The van der Waals surface area contributed by atoms with Crippen LogP contribution in [0.25, 0.3) is 67.6 Å². The zero-order valence-corrected chi connectivity index (χ0v) is 73.2. The number of nitrogens with zero attached hydrogens (tertiary/aromatic N) is 16. The van der Waals surface area contributed by atoms with E-state index in [4.69, 9.17) is 9.47 Å². The number of piperazine rings is 3. The average Bonchev–Trinajstić information content (AvgIpc) is 1.59. The van der Waals surface area contributed by atoms with Crippen molar-refractivity contribution >= 4 is 90.8 Å². The summed E-state index contributed by atoms with van der Waals surface area (Å²) in [5.41, 5.74) is 21.1. The van der Waals surface area contributed by atoms with Crippen LogP contribution in [0.3, 0.4) is 0 Å². The molecular weight excluding hydrogens is 1620 g/mol. The molecule has 0 amide bonds. The van der Waals surface area contributed by atoms with Crippen molar-refractivity contribution in [3.63, 3.8) is 0 Å². The van der Waals surface area contributed by atoms with Crippen LogP contribution in [0.1, 0.15) is 41.5 Å². The number of hydrogen-bond acceptors (Lipinski definition) is 21. The highest BCUT2D eigenvalue weighted by Gasteiger charge is 2.30. The van der Waals surface area contributed by atoms with Crippen LogP contribution >= 0.6 is 0 Å². The molecule has 0 radical (unpaired) electrons. The van der Waals surface area contributed by atoms with Crippen LogP contribution in [-0.4, -0.2) is 202 Å². The highest BCUT2D eigenvalue weighted by molar-refractivity contribution is 5.83. The second kappa shape index (κ2) is 38.2. The standard InChI is InChI=1S/C27H31N5O2.C25H27FN6O.C25H28N6O.C22H20FN5O/c1-19(2)30-14-16-31(17-15-30)22-7-5-21(6-8-22)29-23-9-10-24(32-13-12-28-27(23)32)20-4-11-25(33)26(18-20)34-3;1-16-15-32(17(2)14-30(16)3)23-6-4-19(13-20(23)26)29-21-5-7-22(31-11-10-28-25(21)31)18-8-9-27-24(33)12-18;1-17-15-30(16-18(2)29(17)3)21-6-4-20(5-7-21)28-22-8-9-23(31-13-12-27-25(22)31)19-10-11-26-24(32)14-19;23-17-13-16(14-24-15-17)21-6-5-20(22-25-7-8-28(21)22)26-18-1-3-19(4-2-18)27-9-11-29-12-10-27/h4-13,18-19,29,33H,14-17H2,1-3H3;4-13,16-17,29H,14-15H2,1-3H3,(H,27,33);4-14,17-18,28H,15-16H2,1-3H3,(H,26,32);1-8,13-15,26H,9-12H2/t;16-,17+;17-,18+;/m.0../s1. The van der Waals surface area contributed by atoms with Gasteiger partial charge in [0, 0.05) is 238 Å². The topological polar surface area (TPSA) is 257 Å². The van der Waals surface area contributed by atoms with Gasteiger partial charge in [0.1, 0.15) is 11.6 Å². The molecule has 11 aromatic heterocycles. The molecule has 0 aliphatic carbocycles. The van der Waals surface area contributed by atoms with Gasteiger partial charge >= 0.3 is 0 Å². The van der Waals surface area contributed by atoms with Gasteiger partial charge in [-0.05, 0) is 232 Å². The Morgan fingerprint density at radius 2 is 0.875 bits per heavy atom. The highest BCUT2D eigenvalue weighted by atomic mass is 19.1. The molecule has 15 heterocycles. The number of morpholine rings is 1. The number of anilines is 12. The first-order chi connectivity index (χ1) is 62.2. The summed E-state index contributed by atoms with van der Waals surface area (Å²) in [6.45, 7) is 24.8. The fourth-order valence-corrected chi connectivity index (χ4v) is 17.3. The molecule has 4 aliphatic rings. The molecule has 7 N–H and O–H groups in total. The molecule has 27 nitrogen and oxygen atoms in total. The third kappa shape index (κ3) is 19.1. The molecule has 16 aromatic rings. The van der Waals surface area contributed by atoms with Crippen LogP contribution in [0.4, 0.5) is 77.0 Å². The number of nitrogens with one attached hydrogen (secondary N) is 6. The predicted molar refractivity (Wildman–Crippen MR) is 508 cm³/mol. The van der Waals surface area contributed by atoms with Gasteiger partial charge in [-0.3, -0.25) is 46.9 Å². The number of aromatic nitrogens is 11. The SMILES string of the molecule is COc1cc(-c2ccc(Nc3ccc(N4CCN(C(C)C)CC4)cc3)c3nccn23)ccc1O.C[C@@H]1CN(C)[C@@H](C)CN1c1ccc(Nc2ccc(-c3cc[nH]c(=O)c3)n3ccnc23)cc1F.C[C@@H]1CN(c2ccc(Nc3ccc(-c4cc[nH]c(=O)c4)n4ccnc34)cc2)C[C@H](C)N1C.Fc1cncc(-c2ccc(Nc3ccc(N4CCOCC4)cc3)c3nccn23)c1. The summed E-state index contributed by atoms with van der Waals surface area (Å²) < 4.78 is 47.3. The smallest absolute Gasteiger partial charge is 0.248 e. The maximum absolute atomic E-state index is 15.2. The predicted octanol–water partition coefficient (Wildman–Crippen LogP) is 17.2. The highest BCUT2D eigenvalue weighted by Crippen LogP contribution is 2.38. The minimum Gasteiger partial charge on any atom is -0.504 e. The molecule has 656 valence electrons. The molecule has 128 heavy (non-hydrogen) atoms. The summed E-state index contributed by atoms with van der Waals surface area (Å²) in [6, 6.07) is 62.7. The molecule has 29 heteroatoms. The Morgan fingerprint density at radius 1 is 0.445 bits per heavy atom. The Balaban J connectivity index is 0.000000120. The van der Waals surface area contributed by atoms with Gasteiger partial charge in [-0.15, -0.1) is 0 Å². The van der Waals surface area contributed by atoms with Gasteiger partial charge in [0.05, 0.1) is 77.7 Å². The number of H-pyrrole nitrogens is 2. The molecule has 0 spiro atoms. The van der Waals surface area contributed by atoms with Gasteiger partial charge in [0.25, 0.3) is 0 Å². The monoisotopic (exact) mass is 1720 g/mol. The fraction of sp³-hybridized carbons (Fsp3) is 0.263. The molecule has 4 fully saturated rings. The van der Waals surface area contributed by atoms with Crippen molar-refractivity contribution < 1.29 is 23.4 Å². The number of rotatable bonds is 18. The Labute approximate surface area is 741 Å². The fourth-order valence-electron chi connectivity index (χ4n) is 17.3. The number of imidazole rings is 4.